The summed E-state index contributed by atoms with van der Waals surface area (Å²) in [5, 5.41) is 3.01. The van der Waals surface area contributed by atoms with E-state index in [9.17, 15) is 4.57 Å². The van der Waals surface area contributed by atoms with E-state index in [1.807, 2.05) is 44.2 Å². The van der Waals surface area contributed by atoms with Gasteiger partial charge in [-0.25, -0.2) is 5.09 Å². The lowest BCUT2D eigenvalue weighted by Gasteiger charge is -2.20. The molecule has 0 amide bonds. The summed E-state index contributed by atoms with van der Waals surface area (Å²) in [6, 6.07) is 9.94. The Morgan fingerprint density at radius 2 is 2.00 bits per heavy atom. The van der Waals surface area contributed by atoms with E-state index in [0.717, 1.165) is 5.56 Å². The Balaban J connectivity index is 2.64. The smallest absolute Gasteiger partial charge is 0.267 e. The number of rotatable bonds is 5. The average molecular weight is 227 g/mol. The molecule has 0 saturated carbocycles. The van der Waals surface area contributed by atoms with Crippen molar-refractivity contribution in [2.75, 3.05) is 13.3 Å². The molecule has 0 aliphatic rings. The molecule has 0 aliphatic carbocycles. The van der Waals surface area contributed by atoms with Crippen molar-refractivity contribution in [1.29, 1.82) is 0 Å². The van der Waals surface area contributed by atoms with Crippen molar-refractivity contribution in [3.8, 4) is 0 Å². The lowest BCUT2D eigenvalue weighted by Crippen LogP contribution is -2.16. The molecule has 1 N–H and O–H groups in total. The molecular formula is C11H18NO2P. The summed E-state index contributed by atoms with van der Waals surface area (Å²) < 4.78 is 17.0. The van der Waals surface area contributed by atoms with Crippen molar-refractivity contribution in [3.63, 3.8) is 0 Å². The number of hydrogen-bond acceptors (Lipinski definition) is 2. The Kier molecular flexibility index (Phi) is 4.52. The molecule has 0 heterocycles. The van der Waals surface area contributed by atoms with E-state index in [0.29, 0.717) is 6.61 Å². The molecule has 0 aliphatic heterocycles. The SMILES string of the molecule is CCO[P@](C)(=O)N[C@@H](C)c1ccccc1. The zero-order valence-corrected chi connectivity index (χ0v) is 10.3. The van der Waals surface area contributed by atoms with E-state index in [2.05, 4.69) is 5.09 Å². The van der Waals surface area contributed by atoms with Gasteiger partial charge in [0, 0.05) is 12.7 Å². The molecule has 2 atom stereocenters. The highest BCUT2D eigenvalue weighted by molar-refractivity contribution is 7.56. The van der Waals surface area contributed by atoms with Gasteiger partial charge in [0.25, 0.3) is 7.52 Å². The molecule has 0 bridgehead atoms. The molecule has 0 saturated heterocycles. The molecule has 0 aromatic heterocycles. The Morgan fingerprint density at radius 1 is 1.40 bits per heavy atom. The third-order valence-corrected chi connectivity index (χ3v) is 3.71. The zero-order chi connectivity index (χ0) is 11.3. The Bertz CT molecular complexity index is 340. The Hall–Kier alpha value is -0.630. The summed E-state index contributed by atoms with van der Waals surface area (Å²) in [4.78, 5) is 0. The van der Waals surface area contributed by atoms with E-state index < -0.39 is 7.52 Å². The minimum absolute atomic E-state index is 0.0357. The first-order chi connectivity index (χ1) is 7.05. The lowest BCUT2D eigenvalue weighted by atomic mass is 10.1. The van der Waals surface area contributed by atoms with Gasteiger partial charge in [-0.2, -0.15) is 0 Å². The first-order valence-corrected chi connectivity index (χ1v) is 7.17. The number of benzene rings is 1. The number of hydrogen-bond donors (Lipinski definition) is 1. The third-order valence-electron chi connectivity index (χ3n) is 2.10. The van der Waals surface area contributed by atoms with Crippen LogP contribution < -0.4 is 5.09 Å². The van der Waals surface area contributed by atoms with Gasteiger partial charge in [-0.3, -0.25) is 4.57 Å². The van der Waals surface area contributed by atoms with Gasteiger partial charge in [0.15, 0.2) is 0 Å². The van der Waals surface area contributed by atoms with Gasteiger partial charge < -0.3 is 4.52 Å². The van der Waals surface area contributed by atoms with Crippen LogP contribution in [0.2, 0.25) is 0 Å². The molecule has 1 rings (SSSR count). The second-order valence-electron chi connectivity index (χ2n) is 3.53. The zero-order valence-electron chi connectivity index (χ0n) is 9.43. The van der Waals surface area contributed by atoms with Crippen LogP contribution in [0.3, 0.4) is 0 Å². The van der Waals surface area contributed by atoms with Crippen LogP contribution in [-0.4, -0.2) is 13.3 Å². The molecule has 0 fully saturated rings. The predicted molar refractivity (Wildman–Crippen MR) is 63.1 cm³/mol. The van der Waals surface area contributed by atoms with E-state index in [-0.39, 0.29) is 6.04 Å². The summed E-state index contributed by atoms with van der Waals surface area (Å²) in [6.07, 6.45) is 0. The monoisotopic (exact) mass is 227 g/mol. The highest BCUT2D eigenvalue weighted by Gasteiger charge is 2.18. The molecule has 0 radical (unpaired) electrons. The number of nitrogens with one attached hydrogen (secondary N) is 1. The van der Waals surface area contributed by atoms with Crippen LogP contribution >= 0.6 is 7.52 Å². The molecule has 1 aromatic carbocycles. The summed E-state index contributed by atoms with van der Waals surface area (Å²) in [6.45, 7) is 5.88. The van der Waals surface area contributed by atoms with Gasteiger partial charge in [-0.05, 0) is 19.4 Å². The van der Waals surface area contributed by atoms with Crippen molar-refractivity contribution in [1.82, 2.24) is 5.09 Å². The van der Waals surface area contributed by atoms with Gasteiger partial charge in [-0.1, -0.05) is 30.3 Å². The Labute approximate surface area is 91.4 Å². The van der Waals surface area contributed by atoms with Crippen molar-refractivity contribution < 1.29 is 9.09 Å². The van der Waals surface area contributed by atoms with Gasteiger partial charge >= 0.3 is 0 Å². The third kappa shape index (κ3) is 4.17. The standard InChI is InChI=1S/C11H18NO2P/c1-4-14-15(3,13)12-10(2)11-8-6-5-7-9-11/h5-10H,4H2,1-3H3,(H,12,13)/t10-,15-/m0/s1. The normalized spacial score (nSPS) is 17.0. The van der Waals surface area contributed by atoms with Crippen molar-refractivity contribution in [3.05, 3.63) is 35.9 Å². The van der Waals surface area contributed by atoms with Crippen LogP contribution in [0.25, 0.3) is 0 Å². The minimum Gasteiger partial charge on any atom is -0.318 e. The summed E-state index contributed by atoms with van der Waals surface area (Å²) in [7, 11) is -2.66. The fourth-order valence-electron chi connectivity index (χ4n) is 1.45. The fraction of sp³-hybridized carbons (Fsp3) is 0.455. The average Bonchev–Trinajstić information content (AvgIpc) is 2.18. The van der Waals surface area contributed by atoms with E-state index >= 15 is 0 Å². The predicted octanol–water partition coefficient (Wildman–Crippen LogP) is 3.20. The van der Waals surface area contributed by atoms with Crippen molar-refractivity contribution in [2.45, 2.75) is 19.9 Å². The van der Waals surface area contributed by atoms with Crippen LogP contribution in [0.15, 0.2) is 30.3 Å². The second kappa shape index (κ2) is 5.45. The van der Waals surface area contributed by atoms with Crippen LogP contribution in [0.5, 0.6) is 0 Å². The highest BCUT2D eigenvalue weighted by atomic mass is 31.2. The maximum atomic E-state index is 11.9. The van der Waals surface area contributed by atoms with Crippen LogP contribution in [0.4, 0.5) is 0 Å². The van der Waals surface area contributed by atoms with Crippen LogP contribution in [-0.2, 0) is 9.09 Å². The summed E-state index contributed by atoms with van der Waals surface area (Å²) in [5.74, 6) is 0. The van der Waals surface area contributed by atoms with Crippen molar-refractivity contribution in [2.24, 2.45) is 0 Å². The van der Waals surface area contributed by atoms with Crippen molar-refractivity contribution >= 4 is 7.52 Å². The maximum absolute atomic E-state index is 11.9. The summed E-state index contributed by atoms with van der Waals surface area (Å²) in [5.41, 5.74) is 1.11. The molecular weight excluding hydrogens is 209 g/mol. The van der Waals surface area contributed by atoms with Crippen LogP contribution in [0.1, 0.15) is 25.5 Å². The lowest BCUT2D eigenvalue weighted by molar-refractivity contribution is 0.325. The quantitative estimate of drug-likeness (QED) is 0.785. The molecule has 1 aromatic rings. The van der Waals surface area contributed by atoms with Gasteiger partial charge in [0.1, 0.15) is 0 Å². The maximum Gasteiger partial charge on any atom is 0.267 e. The van der Waals surface area contributed by atoms with E-state index in [4.69, 9.17) is 4.52 Å². The van der Waals surface area contributed by atoms with E-state index in [1.165, 1.54) is 0 Å². The first-order valence-electron chi connectivity index (χ1n) is 5.10. The highest BCUT2D eigenvalue weighted by Crippen LogP contribution is 2.40. The molecule has 15 heavy (non-hydrogen) atoms. The molecule has 4 heteroatoms. The molecule has 84 valence electrons. The van der Waals surface area contributed by atoms with Gasteiger partial charge in [-0.15, -0.1) is 0 Å². The molecule has 0 spiro atoms. The largest absolute Gasteiger partial charge is 0.318 e. The molecule has 0 unspecified atom stereocenters. The van der Waals surface area contributed by atoms with Crippen LogP contribution in [0, 0.1) is 0 Å². The first kappa shape index (κ1) is 12.4. The molecule has 3 nitrogen and oxygen atoms in total. The van der Waals surface area contributed by atoms with E-state index in [1.54, 1.807) is 6.66 Å². The fourth-order valence-corrected chi connectivity index (χ4v) is 2.87. The second-order valence-corrected chi connectivity index (χ2v) is 5.73. The topological polar surface area (TPSA) is 38.3 Å². The van der Waals surface area contributed by atoms with Gasteiger partial charge in [0.05, 0.1) is 6.61 Å². The Morgan fingerprint density at radius 3 is 2.53 bits per heavy atom. The summed E-state index contributed by atoms with van der Waals surface area (Å²) >= 11 is 0. The van der Waals surface area contributed by atoms with Gasteiger partial charge in [0.2, 0.25) is 0 Å². The minimum atomic E-state index is -2.66.